The first-order chi connectivity index (χ1) is 15.0. The Bertz CT molecular complexity index is 1330. The van der Waals surface area contributed by atoms with Crippen LogP contribution in [-0.2, 0) is 0 Å². The summed E-state index contributed by atoms with van der Waals surface area (Å²) < 4.78 is 0. The molecule has 150 valence electrons. The number of pyridine rings is 2. The zero-order chi connectivity index (χ0) is 21.2. The lowest BCUT2D eigenvalue weighted by Gasteiger charge is -2.58. The van der Waals surface area contributed by atoms with E-state index in [0.29, 0.717) is 0 Å². The van der Waals surface area contributed by atoms with Crippen LogP contribution in [-0.4, -0.2) is 9.97 Å². The van der Waals surface area contributed by atoms with E-state index in [4.69, 9.17) is 0 Å². The second-order valence-electron chi connectivity index (χ2n) is 9.13. The summed E-state index contributed by atoms with van der Waals surface area (Å²) in [6.07, 6.45) is 23.9. The first-order valence-corrected chi connectivity index (χ1v) is 10.8. The first-order valence-electron chi connectivity index (χ1n) is 10.8. The molecular weight excluding hydrogens is 376 g/mol. The summed E-state index contributed by atoms with van der Waals surface area (Å²) in [4.78, 5) is 8.49. The predicted molar refractivity (Wildman–Crippen MR) is 127 cm³/mol. The molecule has 2 aromatic heterocycles. The molecule has 4 aliphatic carbocycles. The highest BCUT2D eigenvalue weighted by atomic mass is 14.6. The van der Waals surface area contributed by atoms with Crippen LogP contribution in [0.5, 0.6) is 0 Å². The van der Waals surface area contributed by atoms with Crippen molar-refractivity contribution < 1.29 is 0 Å². The van der Waals surface area contributed by atoms with Crippen LogP contribution in [0.1, 0.15) is 31.9 Å². The summed E-state index contributed by atoms with van der Waals surface area (Å²) in [5.41, 5.74) is 11.5. The number of hydrogen-bond acceptors (Lipinski definition) is 2. The van der Waals surface area contributed by atoms with Crippen molar-refractivity contribution in [1.82, 2.24) is 9.97 Å². The van der Waals surface area contributed by atoms with Gasteiger partial charge in [0.1, 0.15) is 0 Å². The molecule has 31 heavy (non-hydrogen) atoms. The van der Waals surface area contributed by atoms with Crippen molar-refractivity contribution in [3.8, 4) is 0 Å². The van der Waals surface area contributed by atoms with E-state index in [1.807, 2.05) is 24.8 Å². The minimum Gasteiger partial charge on any atom is -0.265 e. The Balaban J connectivity index is 1.71. The lowest BCUT2D eigenvalue weighted by Crippen LogP contribution is -2.48. The third kappa shape index (κ3) is 2.28. The van der Waals surface area contributed by atoms with Crippen LogP contribution >= 0.6 is 0 Å². The van der Waals surface area contributed by atoms with Gasteiger partial charge in [0.05, 0.1) is 0 Å². The summed E-state index contributed by atoms with van der Waals surface area (Å²) >= 11 is 0. The number of aromatic nitrogens is 2. The molecule has 0 amide bonds. The van der Waals surface area contributed by atoms with Crippen molar-refractivity contribution in [3.63, 3.8) is 0 Å². The minimum atomic E-state index is -0.150. The van der Waals surface area contributed by atoms with Crippen molar-refractivity contribution in [2.75, 3.05) is 0 Å². The Kier molecular flexibility index (Phi) is 3.68. The van der Waals surface area contributed by atoms with Crippen LogP contribution in [0.25, 0.3) is 11.1 Å². The van der Waals surface area contributed by atoms with Crippen molar-refractivity contribution in [1.29, 1.82) is 0 Å². The van der Waals surface area contributed by atoms with Gasteiger partial charge >= 0.3 is 0 Å². The topological polar surface area (TPSA) is 25.8 Å². The Morgan fingerprint density at radius 2 is 1.39 bits per heavy atom. The molecule has 0 saturated carbocycles. The van der Waals surface area contributed by atoms with Gasteiger partial charge in [0.2, 0.25) is 0 Å². The molecule has 2 atom stereocenters. The van der Waals surface area contributed by atoms with Gasteiger partial charge in [0, 0.05) is 35.6 Å². The second-order valence-corrected chi connectivity index (χ2v) is 9.13. The summed E-state index contributed by atoms with van der Waals surface area (Å²) in [5.74, 6) is 0. The van der Waals surface area contributed by atoms with Gasteiger partial charge in [-0.3, -0.25) is 9.97 Å². The summed E-state index contributed by atoms with van der Waals surface area (Å²) in [7, 11) is 0. The molecule has 0 radical (unpaired) electrons. The van der Waals surface area contributed by atoms with E-state index in [2.05, 4.69) is 97.5 Å². The lowest BCUT2D eigenvalue weighted by atomic mass is 9.44. The van der Waals surface area contributed by atoms with E-state index in [1.54, 1.807) is 0 Å². The van der Waals surface area contributed by atoms with Crippen molar-refractivity contribution in [2.24, 2.45) is 10.8 Å². The van der Waals surface area contributed by atoms with Crippen molar-refractivity contribution in [2.45, 2.75) is 20.8 Å². The molecule has 4 aliphatic rings. The molecule has 1 unspecified atom stereocenters. The van der Waals surface area contributed by atoms with E-state index >= 15 is 0 Å². The average Bonchev–Trinajstić information content (AvgIpc) is 2.79. The molecular formula is C29H24N2. The molecule has 0 aliphatic heterocycles. The highest BCUT2D eigenvalue weighted by Gasteiger charge is 2.58. The van der Waals surface area contributed by atoms with Crippen LogP contribution in [0, 0.1) is 10.8 Å². The molecule has 2 heteroatoms. The smallest absolute Gasteiger partial charge is 0.0315 e. The maximum absolute atomic E-state index is 4.25. The second kappa shape index (κ2) is 6.24. The lowest BCUT2D eigenvalue weighted by molar-refractivity contribution is 0.253. The molecule has 2 nitrogen and oxygen atoms in total. The zero-order valence-electron chi connectivity index (χ0n) is 18.1. The summed E-state index contributed by atoms with van der Waals surface area (Å²) in [6, 6.07) is 8.48. The number of nitrogens with zero attached hydrogens (tertiary/aromatic N) is 2. The Hall–Kier alpha value is -3.52. The third-order valence-corrected chi connectivity index (χ3v) is 7.69. The molecule has 0 bridgehead atoms. The zero-order valence-corrected chi connectivity index (χ0v) is 18.1. The van der Waals surface area contributed by atoms with Crippen molar-refractivity contribution >= 4 is 11.1 Å². The maximum Gasteiger partial charge on any atom is 0.0315 e. The molecule has 6 rings (SSSR count). The SMILES string of the molecule is CC1=CC2=C(c3ccncc3)C=C3C=CC=C4C(c5ccncc5)=CC(=C1)C2(C)[C@@]34C. The Morgan fingerprint density at radius 3 is 2.10 bits per heavy atom. The number of rotatable bonds is 2. The Morgan fingerprint density at radius 1 is 0.710 bits per heavy atom. The highest BCUT2D eigenvalue weighted by molar-refractivity contribution is 5.94. The summed E-state index contributed by atoms with van der Waals surface area (Å²) in [5, 5.41) is 0. The molecule has 2 heterocycles. The fraction of sp³-hybridized carbons (Fsp3) is 0.172. The van der Waals surface area contributed by atoms with Gasteiger partial charge in [-0.15, -0.1) is 0 Å². The van der Waals surface area contributed by atoms with E-state index in [0.717, 1.165) is 0 Å². The normalized spacial score (nSPS) is 28.2. The van der Waals surface area contributed by atoms with Gasteiger partial charge in [-0.2, -0.15) is 0 Å². The number of hydrogen-bond donors (Lipinski definition) is 0. The third-order valence-electron chi connectivity index (χ3n) is 7.69. The molecule has 0 spiro atoms. The van der Waals surface area contributed by atoms with E-state index < -0.39 is 0 Å². The standard InChI is InChI=1S/C29H24N2/c1-19-15-23-18-24(20-7-11-30-12-8-20)26-6-4-5-22-17-25(21-9-13-31-14-10-21)27(16-19)29(23,3)28(22,26)2/h4-18H,1-3H3/t28-,29?/m0/s1. The van der Waals surface area contributed by atoms with Crippen molar-refractivity contribution in [3.05, 3.63) is 131 Å². The number of allylic oxidation sites excluding steroid dienone is 14. The van der Waals surface area contributed by atoms with Crippen LogP contribution in [0.4, 0.5) is 0 Å². The fourth-order valence-electron chi connectivity index (χ4n) is 5.90. The van der Waals surface area contributed by atoms with Crippen LogP contribution in [0.3, 0.4) is 0 Å². The molecule has 0 fully saturated rings. The first kappa shape index (κ1) is 18.3. The molecule has 0 N–H and O–H groups in total. The van der Waals surface area contributed by atoms with Gasteiger partial charge in [-0.1, -0.05) is 49.8 Å². The van der Waals surface area contributed by atoms with Gasteiger partial charge in [-0.05, 0) is 87.9 Å². The van der Waals surface area contributed by atoms with E-state index in [-0.39, 0.29) is 10.8 Å². The predicted octanol–water partition coefficient (Wildman–Crippen LogP) is 6.66. The van der Waals surface area contributed by atoms with Crippen LogP contribution in [0.15, 0.2) is 119 Å². The van der Waals surface area contributed by atoms with Gasteiger partial charge < -0.3 is 0 Å². The van der Waals surface area contributed by atoms with Gasteiger partial charge in [0.25, 0.3) is 0 Å². The van der Waals surface area contributed by atoms with Crippen LogP contribution in [0.2, 0.25) is 0 Å². The largest absolute Gasteiger partial charge is 0.265 e. The van der Waals surface area contributed by atoms with Gasteiger partial charge in [-0.25, -0.2) is 0 Å². The van der Waals surface area contributed by atoms with E-state index in [9.17, 15) is 0 Å². The van der Waals surface area contributed by atoms with Gasteiger partial charge in [0.15, 0.2) is 0 Å². The molecule has 2 aromatic rings. The minimum absolute atomic E-state index is 0.149. The van der Waals surface area contributed by atoms with Crippen LogP contribution < -0.4 is 0 Å². The summed E-state index contributed by atoms with van der Waals surface area (Å²) in [6.45, 7) is 7.06. The fourth-order valence-corrected chi connectivity index (χ4v) is 5.90. The highest BCUT2D eigenvalue weighted by Crippen LogP contribution is 2.69. The molecule has 0 saturated heterocycles. The quantitative estimate of drug-likeness (QED) is 0.563. The maximum atomic E-state index is 4.25. The molecule has 0 aromatic carbocycles. The Labute approximate surface area is 183 Å². The monoisotopic (exact) mass is 400 g/mol. The van der Waals surface area contributed by atoms with E-state index in [1.165, 1.54) is 50.1 Å². The average molecular weight is 401 g/mol.